The molecule has 0 spiro atoms. The van der Waals surface area contributed by atoms with E-state index in [0.717, 1.165) is 17.6 Å². The molecule has 0 heterocycles. The van der Waals surface area contributed by atoms with Crippen LogP contribution in [0.25, 0.3) is 0 Å². The summed E-state index contributed by atoms with van der Waals surface area (Å²) >= 11 is 0. The highest BCUT2D eigenvalue weighted by Crippen LogP contribution is 2.33. The third-order valence-corrected chi connectivity index (χ3v) is 3.32. The van der Waals surface area contributed by atoms with Gasteiger partial charge in [0.05, 0.1) is 0 Å². The molecule has 0 aliphatic heterocycles. The molecule has 0 N–H and O–H groups in total. The predicted molar refractivity (Wildman–Crippen MR) is 68.2 cm³/mol. The lowest BCUT2D eigenvalue weighted by atomic mass is 9.96. The molecular weight excluding hydrogens is 196 g/mol. The van der Waals surface area contributed by atoms with Crippen LogP contribution in [0.2, 0.25) is 0 Å². The van der Waals surface area contributed by atoms with Gasteiger partial charge in [0.1, 0.15) is 0 Å². The van der Waals surface area contributed by atoms with Gasteiger partial charge in [-0.3, -0.25) is 4.79 Å². The van der Waals surface area contributed by atoms with Gasteiger partial charge in [0.15, 0.2) is 5.78 Å². The summed E-state index contributed by atoms with van der Waals surface area (Å²) in [7, 11) is 0. The molecule has 0 radical (unpaired) electrons. The zero-order valence-corrected chi connectivity index (χ0v) is 10.7. The first kappa shape index (κ1) is 12.7. The number of carbonyl (C=O) groups is 1. The molecule has 0 fully saturated rings. The second-order valence-corrected chi connectivity index (χ2v) is 4.59. The fourth-order valence-electron chi connectivity index (χ4n) is 2.14. The van der Waals surface area contributed by atoms with Gasteiger partial charge in [-0.1, -0.05) is 19.1 Å². The minimum atomic E-state index is 0.0908. The molecule has 16 heavy (non-hydrogen) atoms. The number of carbonyl (C=O) groups excluding carboxylic acids is 1. The average molecular weight is 216 g/mol. The third kappa shape index (κ3) is 2.62. The first-order chi connectivity index (χ1) is 7.47. The SMILES string of the molecule is C=C=C(C)/C(=C\C1=C(C)CC[C@@H]1C)C(C)=O. The minimum absolute atomic E-state index is 0.0908. The van der Waals surface area contributed by atoms with Crippen molar-refractivity contribution in [1.29, 1.82) is 0 Å². The van der Waals surface area contributed by atoms with E-state index in [0.29, 0.717) is 5.92 Å². The Bertz CT molecular complexity index is 415. The van der Waals surface area contributed by atoms with Crippen molar-refractivity contribution in [2.75, 3.05) is 0 Å². The molecule has 1 heteroatoms. The number of hydrogen-bond acceptors (Lipinski definition) is 1. The van der Waals surface area contributed by atoms with Crippen LogP contribution < -0.4 is 0 Å². The van der Waals surface area contributed by atoms with Crippen molar-refractivity contribution in [3.8, 4) is 0 Å². The Morgan fingerprint density at radius 1 is 1.50 bits per heavy atom. The van der Waals surface area contributed by atoms with Crippen molar-refractivity contribution < 1.29 is 4.79 Å². The highest BCUT2D eigenvalue weighted by atomic mass is 16.1. The van der Waals surface area contributed by atoms with Gasteiger partial charge in [-0.25, -0.2) is 0 Å². The summed E-state index contributed by atoms with van der Waals surface area (Å²) in [6, 6.07) is 0. The lowest BCUT2D eigenvalue weighted by Crippen LogP contribution is -2.00. The second kappa shape index (κ2) is 5.14. The van der Waals surface area contributed by atoms with Crippen LogP contribution in [0.1, 0.15) is 40.5 Å². The van der Waals surface area contributed by atoms with Crippen molar-refractivity contribution >= 4 is 5.78 Å². The van der Waals surface area contributed by atoms with E-state index in [2.05, 4.69) is 26.2 Å². The summed E-state index contributed by atoms with van der Waals surface area (Å²) in [6.45, 7) is 11.5. The number of Topliss-reactive ketones (excluding diaryl/α,β-unsaturated/α-hetero) is 1. The van der Waals surface area contributed by atoms with Gasteiger partial charge >= 0.3 is 0 Å². The maximum absolute atomic E-state index is 11.6. The molecule has 0 amide bonds. The Kier molecular flexibility index (Phi) is 4.09. The predicted octanol–water partition coefficient (Wildman–Crippen LogP) is 3.98. The third-order valence-electron chi connectivity index (χ3n) is 3.32. The summed E-state index contributed by atoms with van der Waals surface area (Å²) in [6.07, 6.45) is 4.37. The molecule has 0 aromatic carbocycles. The summed E-state index contributed by atoms with van der Waals surface area (Å²) < 4.78 is 0. The fraction of sp³-hybridized carbons (Fsp3) is 0.467. The topological polar surface area (TPSA) is 17.1 Å². The van der Waals surface area contributed by atoms with Gasteiger partial charge in [-0.15, -0.1) is 5.73 Å². The quantitative estimate of drug-likeness (QED) is 0.396. The summed E-state index contributed by atoms with van der Waals surface area (Å²) in [5.41, 5.74) is 7.12. The minimum Gasteiger partial charge on any atom is -0.294 e. The first-order valence-corrected chi connectivity index (χ1v) is 5.76. The van der Waals surface area contributed by atoms with Crippen LogP contribution in [0.3, 0.4) is 0 Å². The monoisotopic (exact) mass is 216 g/mol. The van der Waals surface area contributed by atoms with Gasteiger partial charge in [-0.2, -0.15) is 0 Å². The maximum Gasteiger partial charge on any atom is 0.160 e. The van der Waals surface area contributed by atoms with E-state index in [-0.39, 0.29) is 5.78 Å². The number of rotatable bonds is 3. The van der Waals surface area contributed by atoms with Crippen molar-refractivity contribution in [3.05, 3.63) is 40.7 Å². The lowest BCUT2D eigenvalue weighted by molar-refractivity contribution is -0.113. The normalized spacial score (nSPS) is 21.0. The summed E-state index contributed by atoms with van der Waals surface area (Å²) in [4.78, 5) is 11.6. The van der Waals surface area contributed by atoms with Crippen LogP contribution >= 0.6 is 0 Å². The molecule has 86 valence electrons. The van der Waals surface area contributed by atoms with E-state index in [4.69, 9.17) is 0 Å². The van der Waals surface area contributed by atoms with Crippen molar-refractivity contribution in [1.82, 2.24) is 0 Å². The van der Waals surface area contributed by atoms with Crippen LogP contribution in [0.15, 0.2) is 40.7 Å². The van der Waals surface area contributed by atoms with E-state index < -0.39 is 0 Å². The Labute approximate surface area is 98.2 Å². The number of ketones is 1. The highest BCUT2D eigenvalue weighted by Gasteiger charge is 2.19. The van der Waals surface area contributed by atoms with Crippen LogP contribution in [0.4, 0.5) is 0 Å². The second-order valence-electron chi connectivity index (χ2n) is 4.59. The zero-order chi connectivity index (χ0) is 12.3. The highest BCUT2D eigenvalue weighted by molar-refractivity contribution is 5.98. The smallest absolute Gasteiger partial charge is 0.160 e. The molecule has 0 saturated heterocycles. The van der Waals surface area contributed by atoms with E-state index in [1.807, 2.05) is 13.0 Å². The summed E-state index contributed by atoms with van der Waals surface area (Å²) in [5.74, 6) is 0.653. The van der Waals surface area contributed by atoms with Gasteiger partial charge in [0, 0.05) is 11.1 Å². The molecule has 1 aliphatic carbocycles. The molecule has 0 aromatic rings. The van der Waals surface area contributed by atoms with Crippen LogP contribution in [0, 0.1) is 5.92 Å². The van der Waals surface area contributed by atoms with Crippen LogP contribution in [0.5, 0.6) is 0 Å². The van der Waals surface area contributed by atoms with Crippen LogP contribution in [-0.2, 0) is 4.79 Å². The van der Waals surface area contributed by atoms with Crippen LogP contribution in [-0.4, -0.2) is 5.78 Å². The standard InChI is InChI=1S/C15H20O/c1-6-10(2)15(13(5)16)9-14-11(3)7-8-12(14)4/h9,11H,1,7-8H2,2-5H3/b15-9+/t11-/m0/s1. The molecule has 1 atom stereocenters. The van der Waals surface area contributed by atoms with Crippen molar-refractivity contribution in [2.45, 2.75) is 40.5 Å². The molecule has 1 rings (SSSR count). The van der Waals surface area contributed by atoms with Crippen molar-refractivity contribution in [2.24, 2.45) is 5.92 Å². The molecule has 0 aromatic heterocycles. The van der Waals surface area contributed by atoms with E-state index in [1.54, 1.807) is 6.92 Å². The molecular formula is C15H20O. The maximum atomic E-state index is 11.6. The molecule has 0 saturated carbocycles. The molecule has 1 nitrogen and oxygen atoms in total. The Morgan fingerprint density at radius 2 is 2.12 bits per heavy atom. The molecule has 0 unspecified atom stereocenters. The Balaban J connectivity index is 3.18. The van der Waals surface area contributed by atoms with E-state index >= 15 is 0 Å². The zero-order valence-electron chi connectivity index (χ0n) is 10.7. The average Bonchev–Trinajstić information content (AvgIpc) is 2.54. The van der Waals surface area contributed by atoms with E-state index in [1.165, 1.54) is 17.6 Å². The summed E-state index contributed by atoms with van der Waals surface area (Å²) in [5, 5.41) is 0. The lowest BCUT2D eigenvalue weighted by Gasteiger charge is -2.08. The first-order valence-electron chi connectivity index (χ1n) is 5.76. The van der Waals surface area contributed by atoms with Gasteiger partial charge in [-0.05, 0) is 51.2 Å². The fourth-order valence-corrected chi connectivity index (χ4v) is 2.14. The van der Waals surface area contributed by atoms with Gasteiger partial charge < -0.3 is 0 Å². The molecule has 0 bridgehead atoms. The Morgan fingerprint density at radius 3 is 2.50 bits per heavy atom. The number of allylic oxidation sites excluding steroid dienone is 5. The number of hydrogen-bond donors (Lipinski definition) is 0. The largest absolute Gasteiger partial charge is 0.294 e. The van der Waals surface area contributed by atoms with Crippen molar-refractivity contribution in [3.63, 3.8) is 0 Å². The van der Waals surface area contributed by atoms with Gasteiger partial charge in [0.2, 0.25) is 0 Å². The van der Waals surface area contributed by atoms with Gasteiger partial charge in [0.25, 0.3) is 0 Å². The Hall–Kier alpha value is -1.33. The van der Waals surface area contributed by atoms with E-state index in [9.17, 15) is 4.79 Å². The molecule has 1 aliphatic rings.